The van der Waals surface area contributed by atoms with E-state index in [1.165, 1.54) is 35.5 Å². The standard InChI is InChI=1S/C23H22ClN5O3S2/c1-13-4-7-17-14(2)5-9-21(18(17)10-13)29-15(3)27-28-23(29)33-12-22(30)26-20-8-6-16(11-19(20)24)34(25,31)32/h4-11H,12H2,1-3H3,(H,26,30)(H2,25,31,32). The Labute approximate surface area is 206 Å². The van der Waals surface area contributed by atoms with E-state index in [1.54, 1.807) is 0 Å². The predicted molar refractivity (Wildman–Crippen MR) is 135 cm³/mol. The first-order chi connectivity index (χ1) is 16.0. The Kier molecular flexibility index (Phi) is 6.68. The van der Waals surface area contributed by atoms with Crippen molar-refractivity contribution in [3.05, 3.63) is 70.5 Å². The highest BCUT2D eigenvalue weighted by atomic mass is 35.5. The number of amides is 1. The zero-order valence-electron chi connectivity index (χ0n) is 18.7. The number of carbonyl (C=O) groups excluding carboxylic acids is 1. The maximum atomic E-state index is 12.6. The Bertz CT molecular complexity index is 1530. The first kappa shape index (κ1) is 24.2. The molecule has 11 heteroatoms. The van der Waals surface area contributed by atoms with Crippen molar-refractivity contribution in [2.75, 3.05) is 11.1 Å². The Hall–Kier alpha value is -2.92. The molecule has 0 bridgehead atoms. The number of thioether (sulfide) groups is 1. The van der Waals surface area contributed by atoms with Gasteiger partial charge in [0.1, 0.15) is 5.82 Å². The van der Waals surface area contributed by atoms with Crippen LogP contribution in [0.4, 0.5) is 5.69 Å². The highest BCUT2D eigenvalue weighted by molar-refractivity contribution is 7.99. The van der Waals surface area contributed by atoms with Crippen LogP contribution in [0.3, 0.4) is 0 Å². The third kappa shape index (κ3) is 4.95. The van der Waals surface area contributed by atoms with E-state index >= 15 is 0 Å². The van der Waals surface area contributed by atoms with Gasteiger partial charge in [0, 0.05) is 5.39 Å². The van der Waals surface area contributed by atoms with Gasteiger partial charge in [-0.2, -0.15) is 0 Å². The van der Waals surface area contributed by atoms with Crippen LogP contribution in [0, 0.1) is 20.8 Å². The molecule has 8 nitrogen and oxygen atoms in total. The number of halogens is 1. The van der Waals surface area contributed by atoms with Gasteiger partial charge in [0.15, 0.2) is 5.16 Å². The molecule has 0 atom stereocenters. The van der Waals surface area contributed by atoms with Gasteiger partial charge in [-0.1, -0.05) is 47.1 Å². The number of fused-ring (bicyclic) bond motifs is 1. The molecule has 4 rings (SSSR count). The maximum Gasteiger partial charge on any atom is 0.238 e. The van der Waals surface area contributed by atoms with Crippen LogP contribution >= 0.6 is 23.4 Å². The van der Waals surface area contributed by atoms with Gasteiger partial charge in [0.05, 0.1) is 27.0 Å². The lowest BCUT2D eigenvalue weighted by molar-refractivity contribution is -0.113. The number of nitrogens with one attached hydrogen (secondary N) is 1. The summed E-state index contributed by atoms with van der Waals surface area (Å²) in [5, 5.41) is 19.2. The molecule has 0 aliphatic heterocycles. The topological polar surface area (TPSA) is 120 Å². The molecular formula is C23H22ClN5O3S2. The zero-order chi connectivity index (χ0) is 24.6. The highest BCUT2D eigenvalue weighted by Gasteiger charge is 2.17. The fraction of sp³-hybridized carbons (Fsp3) is 0.174. The second kappa shape index (κ2) is 9.38. The number of hydrogen-bond donors (Lipinski definition) is 2. The lowest BCUT2D eigenvalue weighted by Gasteiger charge is -2.14. The molecule has 0 spiro atoms. The quantitative estimate of drug-likeness (QED) is 0.368. The second-order valence-electron chi connectivity index (χ2n) is 7.84. The number of benzene rings is 3. The molecule has 3 aromatic carbocycles. The van der Waals surface area contributed by atoms with Crippen LogP contribution in [-0.4, -0.2) is 34.8 Å². The van der Waals surface area contributed by atoms with E-state index in [-0.39, 0.29) is 27.3 Å². The summed E-state index contributed by atoms with van der Waals surface area (Å²) < 4.78 is 24.9. The molecule has 1 heterocycles. The summed E-state index contributed by atoms with van der Waals surface area (Å²) >= 11 is 7.36. The number of nitrogens with two attached hydrogens (primary N) is 1. The van der Waals surface area contributed by atoms with Crippen molar-refractivity contribution in [1.82, 2.24) is 14.8 Å². The van der Waals surface area contributed by atoms with Crippen molar-refractivity contribution in [2.24, 2.45) is 5.14 Å². The summed E-state index contributed by atoms with van der Waals surface area (Å²) in [7, 11) is -3.89. The summed E-state index contributed by atoms with van der Waals surface area (Å²) in [6.07, 6.45) is 0. The molecule has 0 fully saturated rings. The van der Waals surface area contributed by atoms with Gasteiger partial charge in [-0.25, -0.2) is 13.6 Å². The summed E-state index contributed by atoms with van der Waals surface area (Å²) in [6, 6.07) is 14.3. The summed E-state index contributed by atoms with van der Waals surface area (Å²) in [5.41, 5.74) is 3.54. The van der Waals surface area contributed by atoms with Gasteiger partial charge in [-0.3, -0.25) is 9.36 Å². The van der Waals surface area contributed by atoms with Crippen LogP contribution in [0.2, 0.25) is 5.02 Å². The SMILES string of the molecule is Cc1ccc2c(C)ccc(-n3c(C)nnc3SCC(=O)Nc3ccc(S(N)(=O)=O)cc3Cl)c2c1. The summed E-state index contributed by atoms with van der Waals surface area (Å²) in [4.78, 5) is 12.5. The van der Waals surface area contributed by atoms with Crippen LogP contribution in [0.15, 0.2) is 58.6 Å². The first-order valence-electron chi connectivity index (χ1n) is 10.2. The van der Waals surface area contributed by atoms with Gasteiger partial charge in [0.25, 0.3) is 0 Å². The number of aromatic nitrogens is 3. The predicted octanol–water partition coefficient (Wildman–Crippen LogP) is 4.38. The number of rotatable bonds is 6. The minimum absolute atomic E-state index is 0.0498. The number of primary sulfonamides is 1. The number of anilines is 1. The number of aryl methyl sites for hydroxylation is 3. The van der Waals surface area contributed by atoms with E-state index in [1.807, 2.05) is 24.5 Å². The monoisotopic (exact) mass is 515 g/mol. The van der Waals surface area contributed by atoms with Crippen LogP contribution in [-0.2, 0) is 14.8 Å². The minimum atomic E-state index is -3.89. The molecule has 1 aromatic heterocycles. The fourth-order valence-corrected chi connectivity index (χ4v) is 5.22. The molecule has 0 radical (unpaired) electrons. The van der Waals surface area contributed by atoms with Crippen LogP contribution in [0.25, 0.3) is 16.5 Å². The Morgan fingerprint density at radius 2 is 1.82 bits per heavy atom. The van der Waals surface area contributed by atoms with E-state index in [0.29, 0.717) is 11.0 Å². The normalized spacial score (nSPS) is 11.7. The third-order valence-corrected chi connectivity index (χ3v) is 7.43. The van der Waals surface area contributed by atoms with E-state index in [9.17, 15) is 13.2 Å². The average molecular weight is 516 g/mol. The van der Waals surface area contributed by atoms with E-state index < -0.39 is 10.0 Å². The maximum absolute atomic E-state index is 12.6. The molecule has 0 saturated carbocycles. The molecule has 4 aromatic rings. The third-order valence-electron chi connectivity index (χ3n) is 5.28. The number of sulfonamides is 1. The van der Waals surface area contributed by atoms with Crippen LogP contribution in [0.1, 0.15) is 17.0 Å². The molecule has 1 amide bonds. The second-order valence-corrected chi connectivity index (χ2v) is 10.8. The minimum Gasteiger partial charge on any atom is -0.324 e. The van der Waals surface area contributed by atoms with Crippen molar-refractivity contribution < 1.29 is 13.2 Å². The fourth-order valence-electron chi connectivity index (χ4n) is 3.60. The molecule has 0 aliphatic rings. The average Bonchev–Trinajstić information content (AvgIpc) is 3.13. The molecule has 34 heavy (non-hydrogen) atoms. The molecule has 0 aliphatic carbocycles. The number of carbonyl (C=O) groups is 1. The summed E-state index contributed by atoms with van der Waals surface area (Å²) in [5.74, 6) is 0.428. The van der Waals surface area contributed by atoms with Crippen LogP contribution < -0.4 is 10.5 Å². The first-order valence-corrected chi connectivity index (χ1v) is 13.1. The molecular weight excluding hydrogens is 494 g/mol. The highest BCUT2D eigenvalue weighted by Crippen LogP contribution is 2.31. The Balaban J connectivity index is 1.57. The lowest BCUT2D eigenvalue weighted by atomic mass is 10.0. The smallest absolute Gasteiger partial charge is 0.238 e. The number of hydrogen-bond acceptors (Lipinski definition) is 6. The van der Waals surface area contributed by atoms with Crippen molar-refractivity contribution in [3.8, 4) is 5.69 Å². The van der Waals surface area contributed by atoms with Gasteiger partial charge in [-0.05, 0) is 62.1 Å². The molecule has 0 unspecified atom stereocenters. The van der Waals surface area contributed by atoms with Gasteiger partial charge in [0.2, 0.25) is 15.9 Å². The van der Waals surface area contributed by atoms with Gasteiger partial charge < -0.3 is 5.32 Å². The van der Waals surface area contributed by atoms with Crippen molar-refractivity contribution in [2.45, 2.75) is 30.8 Å². The molecule has 0 saturated heterocycles. The van der Waals surface area contributed by atoms with Gasteiger partial charge >= 0.3 is 0 Å². The van der Waals surface area contributed by atoms with E-state index in [2.05, 4.69) is 46.7 Å². The van der Waals surface area contributed by atoms with Crippen molar-refractivity contribution >= 4 is 55.8 Å². The molecule has 176 valence electrons. The Morgan fingerprint density at radius 1 is 1.06 bits per heavy atom. The number of nitrogens with zero attached hydrogens (tertiary/aromatic N) is 3. The molecule has 3 N–H and O–H groups in total. The van der Waals surface area contributed by atoms with Crippen molar-refractivity contribution in [3.63, 3.8) is 0 Å². The zero-order valence-corrected chi connectivity index (χ0v) is 21.1. The largest absolute Gasteiger partial charge is 0.324 e. The van der Waals surface area contributed by atoms with Crippen LogP contribution in [0.5, 0.6) is 0 Å². The Morgan fingerprint density at radius 3 is 2.53 bits per heavy atom. The van der Waals surface area contributed by atoms with Gasteiger partial charge in [-0.15, -0.1) is 10.2 Å². The lowest BCUT2D eigenvalue weighted by Crippen LogP contribution is -2.16. The van der Waals surface area contributed by atoms with Crippen molar-refractivity contribution in [1.29, 1.82) is 0 Å². The summed E-state index contributed by atoms with van der Waals surface area (Å²) in [6.45, 7) is 5.98. The van der Waals surface area contributed by atoms with E-state index in [0.717, 1.165) is 22.0 Å². The van der Waals surface area contributed by atoms with E-state index in [4.69, 9.17) is 16.7 Å².